The van der Waals surface area contributed by atoms with Crippen LogP contribution in [0.2, 0.25) is 0 Å². The molecule has 3 rings (SSSR count). The van der Waals surface area contributed by atoms with Crippen molar-refractivity contribution in [2.45, 2.75) is 19.8 Å². The van der Waals surface area contributed by atoms with Gasteiger partial charge in [-0.25, -0.2) is 9.37 Å². The molecule has 2 aromatic rings. The van der Waals surface area contributed by atoms with Crippen LogP contribution in [0.3, 0.4) is 0 Å². The van der Waals surface area contributed by atoms with E-state index in [1.807, 2.05) is 0 Å². The highest BCUT2D eigenvalue weighted by molar-refractivity contribution is 5.34. The van der Waals surface area contributed by atoms with Gasteiger partial charge in [0, 0.05) is 25.4 Å². The summed E-state index contributed by atoms with van der Waals surface area (Å²) in [6, 6.07) is 7.60. The quantitative estimate of drug-likeness (QED) is 0.813. The maximum Gasteiger partial charge on any atom is 0.228 e. The topological polar surface area (TPSA) is 38.2 Å². The zero-order chi connectivity index (χ0) is 14.7. The van der Waals surface area contributed by atoms with Crippen LogP contribution in [0.4, 0.5) is 10.3 Å². The lowest BCUT2D eigenvalue weighted by Crippen LogP contribution is -2.27. The first-order chi connectivity index (χ1) is 10.2. The normalized spacial score (nSPS) is 14.0. The van der Waals surface area contributed by atoms with Crippen LogP contribution in [-0.4, -0.2) is 23.1 Å². The zero-order valence-electron chi connectivity index (χ0n) is 12.0. The molecule has 0 saturated heterocycles. The lowest BCUT2D eigenvalue weighted by atomic mass is 10.3. The van der Waals surface area contributed by atoms with E-state index in [1.165, 1.54) is 25.0 Å². The molecule has 1 heterocycles. The van der Waals surface area contributed by atoms with Gasteiger partial charge in [-0.2, -0.15) is 4.98 Å². The Morgan fingerprint density at radius 1 is 1.24 bits per heavy atom. The highest BCUT2D eigenvalue weighted by Gasteiger charge is 2.24. The average Bonchev–Trinajstić information content (AvgIpc) is 3.32. The third-order valence-corrected chi connectivity index (χ3v) is 3.49. The number of anilines is 1. The number of rotatable bonds is 6. The smallest absolute Gasteiger partial charge is 0.228 e. The van der Waals surface area contributed by atoms with E-state index >= 15 is 0 Å². The molecule has 1 saturated carbocycles. The van der Waals surface area contributed by atoms with Gasteiger partial charge in [-0.3, -0.25) is 0 Å². The number of hydrogen-bond acceptors (Lipinski definition) is 4. The Kier molecular flexibility index (Phi) is 3.99. The van der Waals surface area contributed by atoms with Gasteiger partial charge in [0.1, 0.15) is 11.6 Å². The maximum atomic E-state index is 12.9. The molecule has 0 unspecified atom stereocenters. The molecule has 1 aromatic heterocycles. The Hall–Kier alpha value is -2.17. The Bertz CT molecular complexity index is 599. The van der Waals surface area contributed by atoms with Crippen LogP contribution in [0, 0.1) is 11.7 Å². The summed E-state index contributed by atoms with van der Waals surface area (Å²) in [5, 5.41) is 0. The lowest BCUT2D eigenvalue weighted by molar-refractivity contribution is 0.459. The van der Waals surface area contributed by atoms with Crippen molar-refractivity contribution < 1.29 is 9.13 Å². The molecule has 0 N–H and O–H groups in total. The first-order valence-corrected chi connectivity index (χ1v) is 7.26. The van der Waals surface area contributed by atoms with E-state index in [9.17, 15) is 4.39 Å². The van der Waals surface area contributed by atoms with Crippen LogP contribution in [0.5, 0.6) is 11.6 Å². The Balaban J connectivity index is 1.73. The third-order valence-electron chi connectivity index (χ3n) is 3.49. The summed E-state index contributed by atoms with van der Waals surface area (Å²) in [4.78, 5) is 10.9. The lowest BCUT2D eigenvalue weighted by Gasteiger charge is -2.20. The first kappa shape index (κ1) is 13.8. The fourth-order valence-corrected chi connectivity index (χ4v) is 2.13. The highest BCUT2D eigenvalue weighted by atomic mass is 19.1. The van der Waals surface area contributed by atoms with Crippen molar-refractivity contribution in [3.8, 4) is 11.6 Å². The molecule has 1 aromatic carbocycles. The maximum absolute atomic E-state index is 12.9. The monoisotopic (exact) mass is 287 g/mol. The first-order valence-electron chi connectivity index (χ1n) is 7.26. The predicted molar refractivity (Wildman–Crippen MR) is 79.1 cm³/mol. The Morgan fingerprint density at radius 2 is 2.00 bits per heavy atom. The second-order valence-electron chi connectivity index (χ2n) is 5.23. The van der Waals surface area contributed by atoms with E-state index in [0.29, 0.717) is 17.6 Å². The molecule has 110 valence electrons. The summed E-state index contributed by atoms with van der Waals surface area (Å²) >= 11 is 0. The van der Waals surface area contributed by atoms with Gasteiger partial charge in [0.2, 0.25) is 11.8 Å². The van der Waals surface area contributed by atoms with Gasteiger partial charge in [0.15, 0.2) is 0 Å². The molecule has 1 aliphatic carbocycles. The van der Waals surface area contributed by atoms with Crippen LogP contribution in [-0.2, 0) is 0 Å². The van der Waals surface area contributed by atoms with Crippen LogP contribution in [0.15, 0.2) is 36.5 Å². The van der Waals surface area contributed by atoms with E-state index in [0.717, 1.165) is 19.0 Å². The Morgan fingerprint density at radius 3 is 2.67 bits per heavy atom. The summed E-state index contributed by atoms with van der Waals surface area (Å²) in [6.07, 6.45) is 4.28. The number of ether oxygens (including phenoxy) is 1. The highest BCUT2D eigenvalue weighted by Crippen LogP contribution is 2.31. The molecular formula is C16H18FN3O. The van der Waals surface area contributed by atoms with Crippen LogP contribution in [0.1, 0.15) is 19.8 Å². The van der Waals surface area contributed by atoms with Crippen molar-refractivity contribution in [1.29, 1.82) is 0 Å². The number of nitrogens with zero attached hydrogens (tertiary/aromatic N) is 3. The van der Waals surface area contributed by atoms with E-state index < -0.39 is 0 Å². The van der Waals surface area contributed by atoms with Gasteiger partial charge in [-0.15, -0.1) is 0 Å². The minimum Gasteiger partial charge on any atom is -0.439 e. The van der Waals surface area contributed by atoms with Gasteiger partial charge < -0.3 is 9.64 Å². The number of hydrogen-bond donors (Lipinski definition) is 0. The minimum absolute atomic E-state index is 0.285. The molecule has 0 spiro atoms. The van der Waals surface area contributed by atoms with Crippen molar-refractivity contribution in [3.63, 3.8) is 0 Å². The molecule has 4 nitrogen and oxygen atoms in total. The summed E-state index contributed by atoms with van der Waals surface area (Å²) < 4.78 is 18.5. The van der Waals surface area contributed by atoms with Gasteiger partial charge in [0.05, 0.1) is 0 Å². The number of halogens is 1. The standard InChI is InChI=1S/C16H18FN3O/c1-2-20(11-12-3-4-12)16-18-10-9-15(19-16)21-14-7-5-13(17)6-8-14/h5-10,12H,2-4,11H2,1H3. The molecule has 1 fully saturated rings. The zero-order valence-corrected chi connectivity index (χ0v) is 12.0. The summed E-state index contributed by atoms with van der Waals surface area (Å²) in [5.74, 6) is 2.21. The SMILES string of the molecule is CCN(CC1CC1)c1nccc(Oc2ccc(F)cc2)n1. The largest absolute Gasteiger partial charge is 0.439 e. The van der Waals surface area contributed by atoms with E-state index in [-0.39, 0.29) is 5.82 Å². The second kappa shape index (κ2) is 6.08. The Labute approximate surface area is 123 Å². The minimum atomic E-state index is -0.285. The van der Waals surface area contributed by atoms with E-state index in [1.54, 1.807) is 24.4 Å². The predicted octanol–water partition coefficient (Wildman–Crippen LogP) is 3.64. The molecule has 0 bridgehead atoms. The van der Waals surface area contributed by atoms with Gasteiger partial charge in [-0.05, 0) is 49.9 Å². The fraction of sp³-hybridized carbons (Fsp3) is 0.375. The van der Waals surface area contributed by atoms with Gasteiger partial charge in [0.25, 0.3) is 0 Å². The van der Waals surface area contributed by atoms with Crippen LogP contribution in [0.25, 0.3) is 0 Å². The summed E-state index contributed by atoms with van der Waals surface area (Å²) in [7, 11) is 0. The van der Waals surface area contributed by atoms with Crippen molar-refractivity contribution in [2.75, 3.05) is 18.0 Å². The van der Waals surface area contributed by atoms with Crippen molar-refractivity contribution >= 4 is 5.95 Å². The second-order valence-corrected chi connectivity index (χ2v) is 5.23. The molecule has 0 aliphatic heterocycles. The van der Waals surface area contributed by atoms with Crippen molar-refractivity contribution in [2.24, 2.45) is 5.92 Å². The summed E-state index contributed by atoms with van der Waals surface area (Å²) in [5.41, 5.74) is 0. The van der Waals surface area contributed by atoms with Crippen molar-refractivity contribution in [3.05, 3.63) is 42.3 Å². The molecule has 0 atom stereocenters. The fourth-order valence-electron chi connectivity index (χ4n) is 2.13. The average molecular weight is 287 g/mol. The number of benzene rings is 1. The summed E-state index contributed by atoms with van der Waals surface area (Å²) in [6.45, 7) is 3.96. The molecule has 5 heteroatoms. The van der Waals surface area contributed by atoms with Crippen LogP contribution >= 0.6 is 0 Å². The van der Waals surface area contributed by atoms with Crippen molar-refractivity contribution in [1.82, 2.24) is 9.97 Å². The molecule has 21 heavy (non-hydrogen) atoms. The molecular weight excluding hydrogens is 269 g/mol. The molecule has 1 aliphatic rings. The number of aromatic nitrogens is 2. The van der Waals surface area contributed by atoms with Gasteiger partial charge in [-0.1, -0.05) is 0 Å². The van der Waals surface area contributed by atoms with E-state index in [4.69, 9.17) is 4.74 Å². The molecule has 0 radical (unpaired) electrons. The third kappa shape index (κ3) is 3.68. The van der Waals surface area contributed by atoms with Gasteiger partial charge >= 0.3 is 0 Å². The molecule has 0 amide bonds. The van der Waals surface area contributed by atoms with Crippen LogP contribution < -0.4 is 9.64 Å². The van der Waals surface area contributed by atoms with E-state index in [2.05, 4.69) is 21.8 Å².